The maximum Gasteiger partial charge on any atom is 0.355 e. The summed E-state index contributed by atoms with van der Waals surface area (Å²) < 4.78 is 4.38. The maximum atomic E-state index is 10.5. The van der Waals surface area contributed by atoms with E-state index in [1.807, 2.05) is 0 Å². The summed E-state index contributed by atoms with van der Waals surface area (Å²) in [6, 6.07) is 0. The Labute approximate surface area is 58.3 Å². The fraction of sp³-hybridized carbons (Fsp3) is 0.400. The van der Waals surface area contributed by atoms with Crippen LogP contribution in [-0.4, -0.2) is 24.3 Å². The van der Waals surface area contributed by atoms with Gasteiger partial charge in [-0.3, -0.25) is 0 Å². The molecule has 0 amide bonds. The van der Waals surface area contributed by atoms with E-state index in [2.05, 4.69) is 4.74 Å². The molecule has 0 radical (unpaired) electrons. The van der Waals surface area contributed by atoms with Crippen LogP contribution in [0.5, 0.6) is 0 Å². The summed E-state index contributed by atoms with van der Waals surface area (Å²) in [5, 5.41) is 8.20. The van der Waals surface area contributed by atoms with E-state index in [0.29, 0.717) is 0 Å². The van der Waals surface area contributed by atoms with Crippen molar-refractivity contribution in [1.82, 2.24) is 0 Å². The Kier molecular flexibility index (Phi) is 4.06. The molecule has 58 valence electrons. The standard InChI is InChI=1S/C5H10N2O3/c6-3-4(7)5(9)10-2-1-8/h3,8H,1-2,6-7H2/b4-3-. The molecule has 0 saturated carbocycles. The van der Waals surface area contributed by atoms with Gasteiger partial charge in [-0.25, -0.2) is 4.79 Å². The minimum atomic E-state index is -0.712. The molecule has 5 nitrogen and oxygen atoms in total. The highest BCUT2D eigenvalue weighted by Gasteiger charge is 2.03. The largest absolute Gasteiger partial charge is 0.459 e. The van der Waals surface area contributed by atoms with Gasteiger partial charge in [0.05, 0.1) is 6.61 Å². The number of carbonyl (C=O) groups excluding carboxylic acids is 1. The lowest BCUT2D eigenvalue weighted by atomic mass is 10.5. The predicted molar refractivity (Wildman–Crippen MR) is 34.5 cm³/mol. The molecule has 0 bridgehead atoms. The van der Waals surface area contributed by atoms with Crippen molar-refractivity contribution < 1.29 is 14.6 Å². The third kappa shape index (κ3) is 2.93. The van der Waals surface area contributed by atoms with Crippen LogP contribution in [0.4, 0.5) is 0 Å². The van der Waals surface area contributed by atoms with Crippen LogP contribution < -0.4 is 11.5 Å². The second-order valence-corrected chi connectivity index (χ2v) is 1.48. The molecular weight excluding hydrogens is 136 g/mol. The Morgan fingerprint density at radius 2 is 2.30 bits per heavy atom. The fourth-order valence-corrected chi connectivity index (χ4v) is 0.290. The topological polar surface area (TPSA) is 98.6 Å². The van der Waals surface area contributed by atoms with E-state index in [-0.39, 0.29) is 18.9 Å². The van der Waals surface area contributed by atoms with E-state index in [0.717, 1.165) is 6.20 Å². The van der Waals surface area contributed by atoms with Gasteiger partial charge in [0.25, 0.3) is 0 Å². The molecule has 0 aromatic carbocycles. The summed E-state index contributed by atoms with van der Waals surface area (Å²) in [6.07, 6.45) is 0.944. The van der Waals surface area contributed by atoms with Crippen LogP contribution >= 0.6 is 0 Å². The van der Waals surface area contributed by atoms with Gasteiger partial charge in [0.15, 0.2) is 0 Å². The molecule has 0 spiro atoms. The quantitative estimate of drug-likeness (QED) is 0.325. The van der Waals surface area contributed by atoms with Crippen molar-refractivity contribution in [3.05, 3.63) is 11.9 Å². The van der Waals surface area contributed by atoms with E-state index in [4.69, 9.17) is 16.6 Å². The van der Waals surface area contributed by atoms with Gasteiger partial charge in [-0.2, -0.15) is 0 Å². The summed E-state index contributed by atoms with van der Waals surface area (Å²) in [7, 11) is 0. The van der Waals surface area contributed by atoms with Gasteiger partial charge < -0.3 is 21.3 Å². The van der Waals surface area contributed by atoms with Gasteiger partial charge in [-0.05, 0) is 0 Å². The lowest BCUT2D eigenvalue weighted by molar-refractivity contribution is -0.140. The first-order chi connectivity index (χ1) is 4.72. The molecule has 0 aliphatic carbocycles. The Morgan fingerprint density at radius 3 is 2.70 bits per heavy atom. The maximum absolute atomic E-state index is 10.5. The van der Waals surface area contributed by atoms with Gasteiger partial charge in [-0.1, -0.05) is 0 Å². The lowest BCUT2D eigenvalue weighted by Crippen LogP contribution is -2.17. The molecule has 5 heteroatoms. The van der Waals surface area contributed by atoms with E-state index >= 15 is 0 Å². The first-order valence-corrected chi connectivity index (χ1v) is 2.67. The van der Waals surface area contributed by atoms with Crippen LogP contribution in [-0.2, 0) is 9.53 Å². The van der Waals surface area contributed by atoms with Crippen molar-refractivity contribution in [2.24, 2.45) is 11.5 Å². The monoisotopic (exact) mass is 146 g/mol. The first kappa shape index (κ1) is 8.77. The number of hydrogen-bond acceptors (Lipinski definition) is 5. The Hall–Kier alpha value is -1.23. The second kappa shape index (κ2) is 4.63. The highest BCUT2D eigenvalue weighted by atomic mass is 16.5. The SMILES string of the molecule is N/C=C(\N)C(=O)OCCO. The Bertz CT molecular complexity index is 144. The van der Waals surface area contributed by atoms with Crippen molar-refractivity contribution >= 4 is 5.97 Å². The number of hydrogen-bond donors (Lipinski definition) is 3. The molecule has 0 rings (SSSR count). The summed E-state index contributed by atoms with van der Waals surface area (Å²) in [4.78, 5) is 10.5. The van der Waals surface area contributed by atoms with Gasteiger partial charge >= 0.3 is 5.97 Å². The van der Waals surface area contributed by atoms with Crippen LogP contribution in [0.15, 0.2) is 11.9 Å². The number of esters is 1. The molecule has 0 saturated heterocycles. The smallest absolute Gasteiger partial charge is 0.355 e. The third-order valence-electron chi connectivity index (χ3n) is 0.740. The van der Waals surface area contributed by atoms with Crippen molar-refractivity contribution in [3.8, 4) is 0 Å². The van der Waals surface area contributed by atoms with Crippen LogP contribution in [0.1, 0.15) is 0 Å². The summed E-state index contributed by atoms with van der Waals surface area (Å²) in [5.74, 6) is -0.712. The van der Waals surface area contributed by atoms with Crippen molar-refractivity contribution in [2.75, 3.05) is 13.2 Å². The zero-order chi connectivity index (χ0) is 7.98. The second-order valence-electron chi connectivity index (χ2n) is 1.48. The molecule has 0 heterocycles. The minimum absolute atomic E-state index is 0.0621. The molecule has 0 aromatic heterocycles. The first-order valence-electron chi connectivity index (χ1n) is 2.67. The molecule has 0 aliphatic rings. The summed E-state index contributed by atoms with van der Waals surface area (Å²) >= 11 is 0. The highest BCUT2D eigenvalue weighted by molar-refractivity contribution is 5.87. The molecule has 0 aliphatic heterocycles. The number of aliphatic hydroxyl groups is 1. The van der Waals surface area contributed by atoms with E-state index in [1.165, 1.54) is 0 Å². The fourth-order valence-electron chi connectivity index (χ4n) is 0.290. The molecule has 10 heavy (non-hydrogen) atoms. The number of rotatable bonds is 3. The zero-order valence-corrected chi connectivity index (χ0v) is 5.41. The van der Waals surface area contributed by atoms with Crippen molar-refractivity contribution in [1.29, 1.82) is 0 Å². The van der Waals surface area contributed by atoms with E-state index in [1.54, 1.807) is 0 Å². The van der Waals surface area contributed by atoms with Gasteiger partial charge in [0.1, 0.15) is 12.3 Å². The average molecular weight is 146 g/mol. The summed E-state index contributed by atoms with van der Waals surface area (Å²) in [6.45, 7) is -0.281. The minimum Gasteiger partial charge on any atom is -0.459 e. The number of aliphatic hydroxyl groups excluding tert-OH is 1. The normalized spacial score (nSPS) is 11.1. The highest BCUT2D eigenvalue weighted by Crippen LogP contribution is 1.85. The molecule has 0 atom stereocenters. The number of carbonyl (C=O) groups is 1. The zero-order valence-electron chi connectivity index (χ0n) is 5.41. The van der Waals surface area contributed by atoms with Gasteiger partial charge in [0.2, 0.25) is 0 Å². The van der Waals surface area contributed by atoms with Gasteiger partial charge in [0, 0.05) is 6.20 Å². The molecule has 5 N–H and O–H groups in total. The lowest BCUT2D eigenvalue weighted by Gasteiger charge is -2.00. The van der Waals surface area contributed by atoms with Crippen LogP contribution in [0.25, 0.3) is 0 Å². The number of ether oxygens (including phenoxy) is 1. The molecule has 0 unspecified atom stereocenters. The third-order valence-corrected chi connectivity index (χ3v) is 0.740. The van der Waals surface area contributed by atoms with Crippen LogP contribution in [0.3, 0.4) is 0 Å². The van der Waals surface area contributed by atoms with Crippen molar-refractivity contribution in [2.45, 2.75) is 0 Å². The summed E-state index contributed by atoms with van der Waals surface area (Å²) in [5.41, 5.74) is 9.77. The predicted octanol–water partition coefficient (Wildman–Crippen LogP) is -1.72. The molecule has 0 aromatic rings. The number of nitrogens with two attached hydrogens (primary N) is 2. The molecular formula is C5H10N2O3. The van der Waals surface area contributed by atoms with Crippen molar-refractivity contribution in [3.63, 3.8) is 0 Å². The Balaban J connectivity index is 3.63. The van der Waals surface area contributed by atoms with Gasteiger partial charge in [-0.15, -0.1) is 0 Å². The Morgan fingerprint density at radius 1 is 1.70 bits per heavy atom. The van der Waals surface area contributed by atoms with Crippen LogP contribution in [0, 0.1) is 0 Å². The van der Waals surface area contributed by atoms with E-state index < -0.39 is 5.97 Å². The van der Waals surface area contributed by atoms with E-state index in [9.17, 15) is 4.79 Å². The average Bonchev–Trinajstić information content (AvgIpc) is 1.98. The molecule has 0 fully saturated rings. The van der Waals surface area contributed by atoms with Crippen LogP contribution in [0.2, 0.25) is 0 Å².